The molecule has 1 fully saturated rings. The van der Waals surface area contributed by atoms with Crippen LogP contribution >= 0.6 is 0 Å². The molecule has 1 unspecified atom stereocenters. The summed E-state index contributed by atoms with van der Waals surface area (Å²) in [6.07, 6.45) is 0.626. The topological polar surface area (TPSA) is 52.6 Å². The Labute approximate surface area is 83.6 Å². The van der Waals surface area contributed by atoms with E-state index in [4.69, 9.17) is 9.47 Å². The van der Waals surface area contributed by atoms with Gasteiger partial charge < -0.3 is 9.47 Å². The van der Waals surface area contributed by atoms with Gasteiger partial charge in [0.25, 0.3) is 6.29 Å². The maximum atomic E-state index is 11.1. The summed E-state index contributed by atoms with van der Waals surface area (Å²) in [6.45, 7) is 5.39. The van der Waals surface area contributed by atoms with Crippen LogP contribution in [0, 0.1) is 11.8 Å². The fourth-order valence-electron chi connectivity index (χ4n) is 1.60. The lowest BCUT2D eigenvalue weighted by Gasteiger charge is -2.21. The van der Waals surface area contributed by atoms with Crippen LogP contribution in [0.3, 0.4) is 0 Å². The summed E-state index contributed by atoms with van der Waals surface area (Å²) >= 11 is 0. The number of rotatable bonds is 3. The standard InChI is InChI=1S/C10H16O4/c1-4-6(2)8-5-9(12)14-10(8)13-7(3)11/h6,8,10H,4-5H2,1-3H3/t6?,8-,10+/m1/s1. The highest BCUT2D eigenvalue weighted by Gasteiger charge is 2.39. The van der Waals surface area contributed by atoms with Gasteiger partial charge >= 0.3 is 11.9 Å². The summed E-state index contributed by atoms with van der Waals surface area (Å²) in [5.74, 6) is -0.346. The molecule has 0 amide bonds. The van der Waals surface area contributed by atoms with Crippen LogP contribution in [0.1, 0.15) is 33.6 Å². The van der Waals surface area contributed by atoms with Gasteiger partial charge in [-0.05, 0) is 5.92 Å². The second-order valence-corrected chi connectivity index (χ2v) is 3.72. The molecule has 14 heavy (non-hydrogen) atoms. The van der Waals surface area contributed by atoms with Crippen LogP contribution in [0.25, 0.3) is 0 Å². The molecular formula is C10H16O4. The van der Waals surface area contributed by atoms with Crippen LogP contribution in [-0.2, 0) is 19.1 Å². The van der Waals surface area contributed by atoms with E-state index in [-0.39, 0.29) is 11.9 Å². The quantitative estimate of drug-likeness (QED) is 0.647. The molecule has 4 nitrogen and oxygen atoms in total. The largest absolute Gasteiger partial charge is 0.425 e. The van der Waals surface area contributed by atoms with E-state index >= 15 is 0 Å². The van der Waals surface area contributed by atoms with Gasteiger partial charge in [0.1, 0.15) is 0 Å². The summed E-state index contributed by atoms with van der Waals surface area (Å²) < 4.78 is 9.86. The minimum Gasteiger partial charge on any atom is -0.425 e. The van der Waals surface area contributed by atoms with Gasteiger partial charge in [-0.15, -0.1) is 0 Å². The number of hydrogen-bond donors (Lipinski definition) is 0. The summed E-state index contributed by atoms with van der Waals surface area (Å²) in [5, 5.41) is 0. The van der Waals surface area contributed by atoms with E-state index in [2.05, 4.69) is 0 Å². The Hall–Kier alpha value is -1.06. The molecular weight excluding hydrogens is 184 g/mol. The molecule has 0 spiro atoms. The summed E-state index contributed by atoms with van der Waals surface area (Å²) in [5.41, 5.74) is 0. The molecule has 0 aromatic carbocycles. The molecule has 80 valence electrons. The average Bonchev–Trinajstić information content (AvgIpc) is 2.44. The first kappa shape index (κ1) is 11.0. The second kappa shape index (κ2) is 4.44. The highest BCUT2D eigenvalue weighted by Crippen LogP contribution is 2.31. The third kappa shape index (κ3) is 2.47. The molecule has 1 aliphatic rings. The van der Waals surface area contributed by atoms with E-state index < -0.39 is 12.3 Å². The third-order valence-electron chi connectivity index (χ3n) is 2.66. The SMILES string of the molecule is CCC(C)[C@H]1CC(=O)O[C@@H]1OC(C)=O. The van der Waals surface area contributed by atoms with Crippen molar-refractivity contribution in [3.63, 3.8) is 0 Å². The molecule has 3 atom stereocenters. The van der Waals surface area contributed by atoms with Gasteiger partial charge in [0, 0.05) is 12.8 Å². The monoisotopic (exact) mass is 200 g/mol. The van der Waals surface area contributed by atoms with Crippen molar-refractivity contribution in [1.29, 1.82) is 0 Å². The van der Waals surface area contributed by atoms with Crippen molar-refractivity contribution < 1.29 is 19.1 Å². The molecule has 0 aliphatic carbocycles. The summed E-state index contributed by atoms with van der Waals surface area (Å²) in [4.78, 5) is 21.8. The van der Waals surface area contributed by atoms with Crippen molar-refractivity contribution in [1.82, 2.24) is 0 Å². The number of ether oxygens (including phenoxy) is 2. The molecule has 1 rings (SSSR count). The van der Waals surface area contributed by atoms with Crippen molar-refractivity contribution in [3.05, 3.63) is 0 Å². The first-order valence-corrected chi connectivity index (χ1v) is 4.91. The molecule has 0 bridgehead atoms. The minimum absolute atomic E-state index is 0.0106. The molecule has 0 radical (unpaired) electrons. The van der Waals surface area contributed by atoms with Crippen molar-refractivity contribution in [2.75, 3.05) is 0 Å². The molecule has 0 aromatic rings. The number of carbonyl (C=O) groups excluding carboxylic acids is 2. The molecule has 1 heterocycles. The van der Waals surface area contributed by atoms with Gasteiger partial charge in [0.05, 0.1) is 6.42 Å². The van der Waals surface area contributed by atoms with E-state index in [9.17, 15) is 9.59 Å². The Bertz CT molecular complexity index is 236. The van der Waals surface area contributed by atoms with Crippen LogP contribution in [0.4, 0.5) is 0 Å². The highest BCUT2D eigenvalue weighted by molar-refractivity contribution is 5.73. The predicted molar refractivity (Wildman–Crippen MR) is 49.2 cm³/mol. The lowest BCUT2D eigenvalue weighted by Crippen LogP contribution is -2.26. The Kier molecular flexibility index (Phi) is 3.49. The van der Waals surface area contributed by atoms with Crippen LogP contribution in [-0.4, -0.2) is 18.2 Å². The first-order valence-electron chi connectivity index (χ1n) is 4.91. The van der Waals surface area contributed by atoms with Gasteiger partial charge in [-0.2, -0.15) is 0 Å². The van der Waals surface area contributed by atoms with Gasteiger partial charge in [0.2, 0.25) is 0 Å². The number of cyclic esters (lactones) is 1. The maximum absolute atomic E-state index is 11.1. The highest BCUT2D eigenvalue weighted by atomic mass is 16.7. The first-order chi connectivity index (χ1) is 6.54. The van der Waals surface area contributed by atoms with Gasteiger partial charge in [-0.25, -0.2) is 0 Å². The Morgan fingerprint density at radius 1 is 1.71 bits per heavy atom. The smallest absolute Gasteiger partial charge is 0.309 e. The van der Waals surface area contributed by atoms with E-state index in [1.54, 1.807) is 0 Å². The normalized spacial score (nSPS) is 28.4. The van der Waals surface area contributed by atoms with E-state index in [0.29, 0.717) is 12.3 Å². The van der Waals surface area contributed by atoms with Crippen LogP contribution in [0.2, 0.25) is 0 Å². The zero-order valence-electron chi connectivity index (χ0n) is 8.78. The molecule has 1 aliphatic heterocycles. The number of esters is 2. The maximum Gasteiger partial charge on any atom is 0.309 e. The van der Waals surface area contributed by atoms with Crippen LogP contribution in [0.15, 0.2) is 0 Å². The van der Waals surface area contributed by atoms with Gasteiger partial charge in [-0.3, -0.25) is 9.59 Å². The molecule has 0 N–H and O–H groups in total. The average molecular weight is 200 g/mol. The Morgan fingerprint density at radius 3 is 2.86 bits per heavy atom. The summed E-state index contributed by atoms with van der Waals surface area (Å²) in [7, 11) is 0. The Balaban J connectivity index is 2.62. The number of hydrogen-bond acceptors (Lipinski definition) is 4. The molecule has 0 aromatic heterocycles. The second-order valence-electron chi connectivity index (χ2n) is 3.72. The van der Waals surface area contributed by atoms with Crippen molar-refractivity contribution >= 4 is 11.9 Å². The number of carbonyl (C=O) groups is 2. The molecule has 1 saturated heterocycles. The van der Waals surface area contributed by atoms with Crippen molar-refractivity contribution in [2.45, 2.75) is 39.9 Å². The zero-order valence-corrected chi connectivity index (χ0v) is 8.78. The molecule has 4 heteroatoms. The van der Waals surface area contributed by atoms with E-state index in [1.165, 1.54) is 6.92 Å². The van der Waals surface area contributed by atoms with Gasteiger partial charge in [0.15, 0.2) is 0 Å². The van der Waals surface area contributed by atoms with Crippen LogP contribution < -0.4 is 0 Å². The van der Waals surface area contributed by atoms with E-state index in [1.807, 2.05) is 13.8 Å². The van der Waals surface area contributed by atoms with Crippen LogP contribution in [0.5, 0.6) is 0 Å². The fourth-order valence-corrected chi connectivity index (χ4v) is 1.60. The van der Waals surface area contributed by atoms with Crippen molar-refractivity contribution in [3.8, 4) is 0 Å². The minimum atomic E-state index is -0.671. The third-order valence-corrected chi connectivity index (χ3v) is 2.66. The predicted octanol–water partition coefficient (Wildman–Crippen LogP) is 1.48. The van der Waals surface area contributed by atoms with Crippen molar-refractivity contribution in [2.24, 2.45) is 11.8 Å². The Morgan fingerprint density at radius 2 is 2.36 bits per heavy atom. The lowest BCUT2D eigenvalue weighted by atomic mass is 9.90. The summed E-state index contributed by atoms with van der Waals surface area (Å²) in [6, 6.07) is 0. The lowest BCUT2D eigenvalue weighted by molar-refractivity contribution is -0.181. The van der Waals surface area contributed by atoms with Gasteiger partial charge in [-0.1, -0.05) is 20.3 Å². The zero-order chi connectivity index (χ0) is 10.7. The molecule has 0 saturated carbocycles. The van der Waals surface area contributed by atoms with E-state index in [0.717, 1.165) is 6.42 Å². The fraction of sp³-hybridized carbons (Fsp3) is 0.800.